The highest BCUT2D eigenvalue weighted by molar-refractivity contribution is 6.00. The van der Waals surface area contributed by atoms with Gasteiger partial charge in [0.2, 0.25) is 5.91 Å². The van der Waals surface area contributed by atoms with Crippen molar-refractivity contribution in [2.45, 2.75) is 45.8 Å². The van der Waals surface area contributed by atoms with Crippen molar-refractivity contribution in [2.24, 2.45) is 0 Å². The lowest BCUT2D eigenvalue weighted by Crippen LogP contribution is -2.34. The molecule has 1 saturated heterocycles. The van der Waals surface area contributed by atoms with Crippen LogP contribution in [0.15, 0.2) is 36.4 Å². The molecule has 1 N–H and O–H groups in total. The van der Waals surface area contributed by atoms with E-state index in [1.807, 2.05) is 41.0 Å². The first kappa shape index (κ1) is 17.9. The van der Waals surface area contributed by atoms with E-state index in [1.165, 1.54) is 11.1 Å². The molecular formula is C23H24N4O2. The molecule has 3 aromatic rings. The molecule has 2 aromatic carbocycles. The molecule has 148 valence electrons. The second kappa shape index (κ2) is 7.03. The molecular weight excluding hydrogens is 364 g/mol. The van der Waals surface area contributed by atoms with Gasteiger partial charge in [-0.15, -0.1) is 0 Å². The van der Waals surface area contributed by atoms with Gasteiger partial charge in [0.15, 0.2) is 0 Å². The number of amides is 2. The summed E-state index contributed by atoms with van der Waals surface area (Å²) >= 11 is 0. The third kappa shape index (κ3) is 3.18. The molecule has 0 aliphatic carbocycles. The maximum atomic E-state index is 13.3. The molecule has 1 aromatic heterocycles. The maximum absolute atomic E-state index is 13.3. The first-order valence-electron chi connectivity index (χ1n) is 10.2. The molecule has 0 spiro atoms. The van der Waals surface area contributed by atoms with Gasteiger partial charge < -0.3 is 9.80 Å². The van der Waals surface area contributed by atoms with Crippen LogP contribution in [0.5, 0.6) is 0 Å². The quantitative estimate of drug-likeness (QED) is 0.746. The summed E-state index contributed by atoms with van der Waals surface area (Å²) < 4.78 is 0. The fourth-order valence-electron chi connectivity index (χ4n) is 4.43. The standard InChI is InChI=1S/C23H24N4O2/c1-15-10-20-19(21(25-24-20)14-26-9-5-4-8-22(26)28)11-18(15)23(29)27-12-16-6-2-3-7-17(16)13-27/h2-3,6-7,10-11H,4-5,8-9,12-14H2,1H3,(H,24,25). The van der Waals surface area contributed by atoms with Crippen LogP contribution in [-0.2, 0) is 24.4 Å². The van der Waals surface area contributed by atoms with E-state index in [0.29, 0.717) is 31.6 Å². The van der Waals surface area contributed by atoms with Crippen molar-refractivity contribution in [3.63, 3.8) is 0 Å². The summed E-state index contributed by atoms with van der Waals surface area (Å²) in [4.78, 5) is 29.3. The van der Waals surface area contributed by atoms with E-state index in [1.54, 1.807) is 0 Å². The third-order valence-electron chi connectivity index (χ3n) is 6.11. The zero-order valence-electron chi connectivity index (χ0n) is 16.6. The summed E-state index contributed by atoms with van der Waals surface area (Å²) in [5.74, 6) is 0.235. The number of nitrogens with zero attached hydrogens (tertiary/aromatic N) is 3. The van der Waals surface area contributed by atoms with Crippen molar-refractivity contribution in [1.29, 1.82) is 0 Å². The number of hydrogen-bond donors (Lipinski definition) is 1. The summed E-state index contributed by atoms with van der Waals surface area (Å²) in [6.07, 6.45) is 2.62. The second-order valence-corrected chi connectivity index (χ2v) is 8.09. The van der Waals surface area contributed by atoms with E-state index in [0.717, 1.165) is 41.5 Å². The largest absolute Gasteiger partial charge is 0.337 e. The van der Waals surface area contributed by atoms with Gasteiger partial charge in [-0.3, -0.25) is 14.7 Å². The van der Waals surface area contributed by atoms with Crippen LogP contribution < -0.4 is 0 Å². The lowest BCUT2D eigenvalue weighted by Gasteiger charge is -2.26. The Hall–Kier alpha value is -3.15. The van der Waals surface area contributed by atoms with Crippen LogP contribution in [0.1, 0.15) is 52.0 Å². The molecule has 0 saturated carbocycles. The zero-order chi connectivity index (χ0) is 20.0. The van der Waals surface area contributed by atoms with Crippen LogP contribution in [0.3, 0.4) is 0 Å². The number of likely N-dealkylation sites (tertiary alicyclic amines) is 1. The van der Waals surface area contributed by atoms with Gasteiger partial charge in [-0.1, -0.05) is 24.3 Å². The van der Waals surface area contributed by atoms with Gasteiger partial charge in [-0.05, 0) is 48.6 Å². The molecule has 0 bridgehead atoms. The maximum Gasteiger partial charge on any atom is 0.254 e. The van der Waals surface area contributed by atoms with Gasteiger partial charge in [0.05, 0.1) is 17.8 Å². The minimum Gasteiger partial charge on any atom is -0.337 e. The monoisotopic (exact) mass is 388 g/mol. The molecule has 0 unspecified atom stereocenters. The molecule has 2 aliphatic heterocycles. The fourth-order valence-corrected chi connectivity index (χ4v) is 4.43. The van der Waals surface area contributed by atoms with E-state index in [9.17, 15) is 9.59 Å². The van der Waals surface area contributed by atoms with Gasteiger partial charge in [0.25, 0.3) is 5.91 Å². The smallest absolute Gasteiger partial charge is 0.254 e. The highest BCUT2D eigenvalue weighted by atomic mass is 16.2. The fraction of sp³-hybridized carbons (Fsp3) is 0.348. The van der Waals surface area contributed by atoms with Gasteiger partial charge >= 0.3 is 0 Å². The molecule has 0 atom stereocenters. The number of hydrogen-bond acceptors (Lipinski definition) is 3. The van der Waals surface area contributed by atoms with Crippen LogP contribution in [0.2, 0.25) is 0 Å². The molecule has 2 amide bonds. The Morgan fingerprint density at radius 3 is 2.62 bits per heavy atom. The lowest BCUT2D eigenvalue weighted by atomic mass is 10.0. The molecule has 6 heteroatoms. The predicted molar refractivity (Wildman–Crippen MR) is 110 cm³/mol. The number of aromatic nitrogens is 2. The number of nitrogens with one attached hydrogen (secondary N) is 1. The number of H-pyrrole nitrogens is 1. The van der Waals surface area contributed by atoms with E-state index < -0.39 is 0 Å². The van der Waals surface area contributed by atoms with Crippen molar-refractivity contribution < 1.29 is 9.59 Å². The predicted octanol–water partition coefficient (Wildman–Crippen LogP) is 3.54. The number of aryl methyl sites for hydroxylation is 1. The Morgan fingerprint density at radius 2 is 1.90 bits per heavy atom. The number of rotatable bonds is 3. The molecule has 6 nitrogen and oxygen atoms in total. The SMILES string of the molecule is Cc1cc2n[nH]c(CN3CCCCC3=O)c2cc1C(=O)N1Cc2ccccc2C1. The summed E-state index contributed by atoms with van der Waals surface area (Å²) in [6, 6.07) is 12.1. The summed E-state index contributed by atoms with van der Waals surface area (Å²) in [6.45, 7) is 4.54. The minimum atomic E-state index is 0.0433. The highest BCUT2D eigenvalue weighted by Crippen LogP contribution is 2.28. The van der Waals surface area contributed by atoms with Gasteiger partial charge in [0, 0.05) is 37.0 Å². The van der Waals surface area contributed by atoms with Gasteiger partial charge in [0.1, 0.15) is 0 Å². The lowest BCUT2D eigenvalue weighted by molar-refractivity contribution is -0.133. The molecule has 5 rings (SSSR count). The number of fused-ring (bicyclic) bond motifs is 2. The summed E-state index contributed by atoms with van der Waals surface area (Å²) in [5, 5.41) is 8.43. The molecule has 1 fully saturated rings. The topological polar surface area (TPSA) is 69.3 Å². The Morgan fingerprint density at radius 1 is 1.14 bits per heavy atom. The highest BCUT2D eigenvalue weighted by Gasteiger charge is 2.26. The Labute approximate surface area is 169 Å². The normalized spacial score (nSPS) is 16.5. The van der Waals surface area contributed by atoms with Gasteiger partial charge in [-0.2, -0.15) is 5.10 Å². The minimum absolute atomic E-state index is 0.0433. The van der Waals surface area contributed by atoms with Crippen LogP contribution in [0.4, 0.5) is 0 Å². The van der Waals surface area contributed by atoms with Crippen LogP contribution in [0, 0.1) is 6.92 Å². The Balaban J connectivity index is 1.44. The number of carbonyl (C=O) groups excluding carboxylic acids is 2. The van der Waals surface area contributed by atoms with E-state index >= 15 is 0 Å². The van der Waals surface area contributed by atoms with Gasteiger partial charge in [-0.25, -0.2) is 0 Å². The van der Waals surface area contributed by atoms with Crippen LogP contribution in [-0.4, -0.2) is 38.4 Å². The third-order valence-corrected chi connectivity index (χ3v) is 6.11. The van der Waals surface area contributed by atoms with Crippen LogP contribution in [0.25, 0.3) is 10.9 Å². The van der Waals surface area contributed by atoms with Crippen LogP contribution >= 0.6 is 0 Å². The first-order valence-corrected chi connectivity index (χ1v) is 10.2. The second-order valence-electron chi connectivity index (χ2n) is 8.09. The summed E-state index contributed by atoms with van der Waals surface area (Å²) in [7, 11) is 0. The number of piperidine rings is 1. The van der Waals surface area contributed by atoms with Crippen molar-refractivity contribution in [3.05, 3.63) is 64.3 Å². The van der Waals surface area contributed by atoms with Crippen molar-refractivity contribution in [2.75, 3.05) is 6.54 Å². The average molecular weight is 388 g/mol. The van der Waals surface area contributed by atoms with Crippen molar-refractivity contribution >= 4 is 22.7 Å². The molecule has 3 heterocycles. The number of carbonyl (C=O) groups is 2. The molecule has 2 aliphatic rings. The van der Waals surface area contributed by atoms with Crippen molar-refractivity contribution in [3.8, 4) is 0 Å². The Bertz CT molecular complexity index is 1090. The number of aromatic amines is 1. The Kier molecular flexibility index (Phi) is 4.34. The summed E-state index contributed by atoms with van der Waals surface area (Å²) in [5.41, 5.74) is 5.79. The van der Waals surface area contributed by atoms with E-state index in [-0.39, 0.29) is 11.8 Å². The number of benzene rings is 2. The molecule has 0 radical (unpaired) electrons. The molecule has 29 heavy (non-hydrogen) atoms. The van der Waals surface area contributed by atoms with E-state index in [4.69, 9.17) is 0 Å². The zero-order valence-corrected chi connectivity index (χ0v) is 16.6. The van der Waals surface area contributed by atoms with Crippen molar-refractivity contribution in [1.82, 2.24) is 20.0 Å². The average Bonchev–Trinajstić information content (AvgIpc) is 3.32. The first-order chi connectivity index (χ1) is 14.1. The van der Waals surface area contributed by atoms with E-state index in [2.05, 4.69) is 22.3 Å².